The summed E-state index contributed by atoms with van der Waals surface area (Å²) in [5.74, 6) is -0.155. The van der Waals surface area contributed by atoms with Crippen molar-refractivity contribution in [3.8, 4) is 0 Å². The minimum atomic E-state index is -3.63. The lowest BCUT2D eigenvalue weighted by molar-refractivity contribution is -0.128. The number of primary sulfonamides is 1. The number of benzene rings is 1. The van der Waals surface area contributed by atoms with Crippen molar-refractivity contribution in [3.05, 3.63) is 35.4 Å². The molecule has 1 atom stereocenters. The summed E-state index contributed by atoms with van der Waals surface area (Å²) in [5, 5.41) is 4.31. The second kappa shape index (κ2) is 4.70. The molecule has 1 saturated heterocycles. The van der Waals surface area contributed by atoms with Crippen LogP contribution in [0.2, 0.25) is 0 Å². The molecule has 1 amide bonds. The maximum Gasteiger partial charge on any atom is 0.224 e. The van der Waals surface area contributed by atoms with Crippen LogP contribution in [0.5, 0.6) is 0 Å². The molecule has 0 aromatic heterocycles. The van der Waals surface area contributed by atoms with Crippen molar-refractivity contribution in [1.82, 2.24) is 4.90 Å². The zero-order valence-corrected chi connectivity index (χ0v) is 11.0. The third-order valence-electron chi connectivity index (χ3n) is 3.27. The average molecular weight is 268 g/mol. The lowest BCUT2D eigenvalue weighted by Gasteiger charge is -2.17. The van der Waals surface area contributed by atoms with E-state index in [0.717, 1.165) is 11.1 Å². The summed E-state index contributed by atoms with van der Waals surface area (Å²) in [6.07, 6.45) is -0.00921. The van der Waals surface area contributed by atoms with Crippen molar-refractivity contribution in [2.24, 2.45) is 5.14 Å². The van der Waals surface area contributed by atoms with E-state index < -0.39 is 15.3 Å². The molecule has 18 heavy (non-hydrogen) atoms. The molecule has 0 bridgehead atoms. The summed E-state index contributed by atoms with van der Waals surface area (Å²) >= 11 is 0. The fourth-order valence-electron chi connectivity index (χ4n) is 2.10. The zero-order chi connectivity index (χ0) is 13.3. The van der Waals surface area contributed by atoms with Crippen LogP contribution in [-0.2, 0) is 21.4 Å². The van der Waals surface area contributed by atoms with Crippen LogP contribution in [0.3, 0.4) is 0 Å². The number of carbonyl (C=O) groups excluding carboxylic acids is 1. The fourth-order valence-corrected chi connectivity index (χ4v) is 2.86. The molecule has 0 spiro atoms. The van der Waals surface area contributed by atoms with Gasteiger partial charge in [0.05, 0.1) is 0 Å². The summed E-state index contributed by atoms with van der Waals surface area (Å²) < 4.78 is 22.5. The largest absolute Gasteiger partial charge is 0.337 e. The Bertz CT molecular complexity index is 568. The van der Waals surface area contributed by atoms with E-state index in [2.05, 4.69) is 0 Å². The molecule has 2 N–H and O–H groups in total. The third-order valence-corrected chi connectivity index (χ3v) is 4.51. The number of hydrogen-bond acceptors (Lipinski definition) is 3. The molecule has 1 aromatic rings. The maximum atomic E-state index is 11.8. The molecular weight excluding hydrogens is 252 g/mol. The highest BCUT2D eigenvalue weighted by Gasteiger charge is 2.36. The van der Waals surface area contributed by atoms with Gasteiger partial charge in [-0.3, -0.25) is 4.79 Å². The number of carbonyl (C=O) groups is 1. The lowest BCUT2D eigenvalue weighted by atomic mass is 10.1. The zero-order valence-electron chi connectivity index (χ0n) is 10.2. The Balaban J connectivity index is 2.13. The monoisotopic (exact) mass is 268 g/mol. The Morgan fingerprint density at radius 3 is 2.61 bits per heavy atom. The first-order valence-electron chi connectivity index (χ1n) is 5.72. The third kappa shape index (κ3) is 2.70. The molecule has 6 heteroatoms. The van der Waals surface area contributed by atoms with Gasteiger partial charge in [-0.1, -0.05) is 24.3 Å². The van der Waals surface area contributed by atoms with Crippen molar-refractivity contribution in [1.29, 1.82) is 0 Å². The lowest BCUT2D eigenvalue weighted by Crippen LogP contribution is -2.32. The number of hydrogen-bond donors (Lipinski definition) is 1. The van der Waals surface area contributed by atoms with E-state index in [0.29, 0.717) is 6.54 Å². The Kier molecular flexibility index (Phi) is 3.41. The first kappa shape index (κ1) is 13.0. The highest BCUT2D eigenvalue weighted by atomic mass is 32.2. The van der Waals surface area contributed by atoms with Crippen LogP contribution in [0, 0.1) is 6.92 Å². The normalized spacial score (nSPS) is 20.4. The second-order valence-electron chi connectivity index (χ2n) is 4.62. The highest BCUT2D eigenvalue weighted by molar-refractivity contribution is 7.89. The molecule has 0 aliphatic carbocycles. The number of nitrogens with zero attached hydrogens (tertiary/aromatic N) is 1. The number of amides is 1. The van der Waals surface area contributed by atoms with Gasteiger partial charge in [-0.2, -0.15) is 0 Å². The van der Waals surface area contributed by atoms with Gasteiger partial charge in [-0.25, -0.2) is 13.6 Å². The summed E-state index contributed by atoms with van der Waals surface area (Å²) in [6.45, 7) is 2.59. The molecule has 0 radical (unpaired) electrons. The Morgan fingerprint density at radius 2 is 2.06 bits per heavy atom. The van der Waals surface area contributed by atoms with Gasteiger partial charge >= 0.3 is 0 Å². The van der Waals surface area contributed by atoms with E-state index in [1.807, 2.05) is 31.2 Å². The van der Waals surface area contributed by atoms with E-state index in [4.69, 9.17) is 5.14 Å². The van der Waals surface area contributed by atoms with Crippen LogP contribution < -0.4 is 5.14 Å². The van der Waals surface area contributed by atoms with Gasteiger partial charge in [0.2, 0.25) is 15.9 Å². The summed E-state index contributed by atoms with van der Waals surface area (Å²) in [4.78, 5) is 13.3. The molecular formula is C12H16N2O3S. The van der Waals surface area contributed by atoms with E-state index in [1.54, 1.807) is 4.90 Å². The minimum Gasteiger partial charge on any atom is -0.337 e. The molecule has 5 nitrogen and oxygen atoms in total. The standard InChI is InChI=1S/C12H16N2O3S/c1-9-4-2-3-5-10(9)7-14-8-11(6-12(14)15)18(13,16)17/h2-5,11H,6-8H2,1H3,(H2,13,16,17). The number of likely N-dealkylation sites (tertiary alicyclic amines) is 1. The summed E-state index contributed by atoms with van der Waals surface area (Å²) in [7, 11) is -3.63. The van der Waals surface area contributed by atoms with Gasteiger partial charge in [-0.15, -0.1) is 0 Å². The summed E-state index contributed by atoms with van der Waals surface area (Å²) in [5.41, 5.74) is 2.12. The smallest absolute Gasteiger partial charge is 0.224 e. The average Bonchev–Trinajstić information content (AvgIpc) is 2.63. The molecule has 0 saturated carbocycles. The highest BCUT2D eigenvalue weighted by Crippen LogP contribution is 2.20. The number of rotatable bonds is 3. The van der Waals surface area contributed by atoms with Crippen LogP contribution in [-0.4, -0.2) is 31.0 Å². The minimum absolute atomic E-state index is 0.00921. The van der Waals surface area contributed by atoms with Crippen LogP contribution >= 0.6 is 0 Å². The predicted octanol–water partition coefficient (Wildman–Crippen LogP) is 0.384. The van der Waals surface area contributed by atoms with Gasteiger partial charge in [0.15, 0.2) is 0 Å². The van der Waals surface area contributed by atoms with Crippen molar-refractivity contribution in [2.75, 3.05) is 6.54 Å². The van der Waals surface area contributed by atoms with Crippen molar-refractivity contribution >= 4 is 15.9 Å². The fraction of sp³-hybridized carbons (Fsp3) is 0.417. The SMILES string of the molecule is Cc1ccccc1CN1CC(S(N)(=O)=O)CC1=O. The van der Waals surface area contributed by atoms with Crippen molar-refractivity contribution in [3.63, 3.8) is 0 Å². The topological polar surface area (TPSA) is 80.5 Å². The molecule has 1 fully saturated rings. The number of nitrogens with two attached hydrogens (primary N) is 1. The molecule has 1 aromatic carbocycles. The van der Waals surface area contributed by atoms with E-state index in [1.165, 1.54) is 0 Å². The van der Waals surface area contributed by atoms with Crippen LogP contribution in [0.1, 0.15) is 17.5 Å². The van der Waals surface area contributed by atoms with Gasteiger partial charge in [0.1, 0.15) is 5.25 Å². The first-order valence-corrected chi connectivity index (χ1v) is 7.33. The van der Waals surface area contributed by atoms with E-state index in [9.17, 15) is 13.2 Å². The van der Waals surface area contributed by atoms with E-state index in [-0.39, 0.29) is 18.9 Å². The van der Waals surface area contributed by atoms with Crippen molar-refractivity contribution < 1.29 is 13.2 Å². The molecule has 1 unspecified atom stereocenters. The summed E-state index contributed by atoms with van der Waals surface area (Å²) in [6, 6.07) is 7.73. The molecule has 1 aliphatic heterocycles. The van der Waals surface area contributed by atoms with Crippen molar-refractivity contribution in [2.45, 2.75) is 25.1 Å². The number of aryl methyl sites for hydroxylation is 1. The van der Waals surface area contributed by atoms with E-state index >= 15 is 0 Å². The first-order chi connectivity index (χ1) is 8.38. The van der Waals surface area contributed by atoms with Crippen LogP contribution in [0.25, 0.3) is 0 Å². The molecule has 1 aliphatic rings. The predicted molar refractivity (Wildman–Crippen MR) is 68.1 cm³/mol. The Labute approximate surface area is 107 Å². The molecule has 98 valence electrons. The van der Waals surface area contributed by atoms with Gasteiger partial charge in [0, 0.05) is 19.5 Å². The second-order valence-corrected chi connectivity index (χ2v) is 6.46. The number of sulfonamides is 1. The Hall–Kier alpha value is -1.40. The van der Waals surface area contributed by atoms with Gasteiger partial charge < -0.3 is 4.90 Å². The molecule has 1 heterocycles. The van der Waals surface area contributed by atoms with Crippen LogP contribution in [0.4, 0.5) is 0 Å². The van der Waals surface area contributed by atoms with Crippen LogP contribution in [0.15, 0.2) is 24.3 Å². The quantitative estimate of drug-likeness (QED) is 0.860. The van der Waals surface area contributed by atoms with Gasteiger partial charge in [0.25, 0.3) is 0 Å². The molecule has 2 rings (SSSR count). The van der Waals surface area contributed by atoms with Gasteiger partial charge in [-0.05, 0) is 18.1 Å². The Morgan fingerprint density at radius 1 is 1.39 bits per heavy atom. The maximum absolute atomic E-state index is 11.8.